The van der Waals surface area contributed by atoms with E-state index in [1.807, 2.05) is 0 Å². The third kappa shape index (κ3) is 19.0. The molecule has 0 aromatic carbocycles. The first kappa shape index (κ1) is 74.5. The average Bonchev–Trinajstić information content (AvgIpc) is 3.39. The van der Waals surface area contributed by atoms with Crippen molar-refractivity contribution in [2.24, 2.45) is 198 Å². The predicted octanol–water partition coefficient (Wildman–Crippen LogP) is 26.4. The average molecular weight is 1140 g/mol. The summed E-state index contributed by atoms with van der Waals surface area (Å²) in [4.78, 5) is 0. The van der Waals surface area contributed by atoms with Crippen LogP contribution in [0.15, 0.2) is 0 Å². The summed E-state index contributed by atoms with van der Waals surface area (Å²) >= 11 is 0. The number of rotatable bonds is 21. The van der Waals surface area contributed by atoms with E-state index in [2.05, 4.69) is 235 Å². The van der Waals surface area contributed by atoms with Gasteiger partial charge in [0, 0.05) is 0 Å². The van der Waals surface area contributed by atoms with Gasteiger partial charge in [-0.25, -0.2) is 0 Å². The minimum absolute atomic E-state index is 0.332. The molecule has 22 atom stereocenters. The molecular formula is C82H158. The molecule has 0 N–H and O–H groups in total. The van der Waals surface area contributed by atoms with Crippen molar-refractivity contribution in [1.82, 2.24) is 0 Å². The second-order valence-electron chi connectivity index (χ2n) is 40.7. The van der Waals surface area contributed by atoms with Gasteiger partial charge in [-0.2, -0.15) is 0 Å². The van der Waals surface area contributed by atoms with Gasteiger partial charge in [0.25, 0.3) is 0 Å². The quantitative estimate of drug-likeness (QED) is 0.107. The molecule has 4 fully saturated rings. The highest BCUT2D eigenvalue weighted by molar-refractivity contribution is 5.07. The van der Waals surface area contributed by atoms with E-state index in [0.717, 1.165) is 166 Å². The summed E-state index contributed by atoms with van der Waals surface area (Å²) in [6, 6.07) is 0. The molecule has 4 aliphatic rings. The summed E-state index contributed by atoms with van der Waals surface area (Å²) in [5.74, 6) is 22.1. The van der Waals surface area contributed by atoms with E-state index in [9.17, 15) is 0 Å². The first-order valence-corrected chi connectivity index (χ1v) is 37.2. The second kappa shape index (κ2) is 28.9. The van der Waals surface area contributed by atoms with Crippen LogP contribution in [0.4, 0.5) is 0 Å². The van der Waals surface area contributed by atoms with E-state index in [-0.39, 0.29) is 0 Å². The molecule has 0 nitrogen and oxygen atoms in total. The molecule has 0 heterocycles. The van der Waals surface area contributed by atoms with Crippen molar-refractivity contribution in [3.05, 3.63) is 0 Å². The fourth-order valence-corrected chi connectivity index (χ4v) is 23.6. The van der Waals surface area contributed by atoms with Gasteiger partial charge in [0.2, 0.25) is 0 Å². The first-order valence-electron chi connectivity index (χ1n) is 37.2. The molecule has 0 aromatic rings. The maximum absolute atomic E-state index is 2.88. The molecule has 4 saturated carbocycles. The minimum Gasteiger partial charge on any atom is -0.0651 e. The highest BCUT2D eigenvalue weighted by atomic mass is 14.6. The van der Waals surface area contributed by atoms with Crippen LogP contribution < -0.4 is 0 Å². The van der Waals surface area contributed by atoms with Gasteiger partial charge >= 0.3 is 0 Å². The Balaban J connectivity index is 1.96. The van der Waals surface area contributed by atoms with Gasteiger partial charge in [-0.3, -0.25) is 0 Å². The Hall–Kier alpha value is 0. The Bertz CT molecular complexity index is 1770. The molecule has 0 bridgehead atoms. The molecule has 0 aliphatic heterocycles. The van der Waals surface area contributed by atoms with Gasteiger partial charge in [0.05, 0.1) is 0 Å². The summed E-state index contributed by atoms with van der Waals surface area (Å²) in [6.07, 6.45) is 19.6. The topological polar surface area (TPSA) is 0 Å². The van der Waals surface area contributed by atoms with Crippen molar-refractivity contribution in [3.8, 4) is 0 Å². The lowest BCUT2D eigenvalue weighted by molar-refractivity contribution is -0.122. The van der Waals surface area contributed by atoms with E-state index in [1.165, 1.54) is 89.9 Å². The summed E-state index contributed by atoms with van der Waals surface area (Å²) in [5.41, 5.74) is 2.00. The Morgan fingerprint density at radius 2 is 0.561 bits per heavy atom. The van der Waals surface area contributed by atoms with Crippen LogP contribution in [0.25, 0.3) is 0 Å². The highest BCUT2D eigenvalue weighted by Gasteiger charge is 2.58. The van der Waals surface area contributed by atoms with Gasteiger partial charge in [0.15, 0.2) is 0 Å². The van der Waals surface area contributed by atoms with E-state index in [1.54, 1.807) is 0 Å². The lowest BCUT2D eigenvalue weighted by Crippen LogP contribution is -2.54. The van der Waals surface area contributed by atoms with Crippen molar-refractivity contribution >= 4 is 0 Å². The van der Waals surface area contributed by atoms with Gasteiger partial charge in [-0.1, -0.05) is 261 Å². The molecule has 4 aliphatic carbocycles. The van der Waals surface area contributed by atoms with Crippen LogP contribution >= 0.6 is 0 Å². The summed E-state index contributed by atoms with van der Waals surface area (Å²) in [5, 5.41) is 0. The standard InChI is InChI=1S/C82H158/c1-35-60-61(36-2)76(54(11)51(8)65(60)41-49(4)5)64(75-57(14)68(44-78(20,21)22)66(42-50(6)7)69(58(75)15)45-79(23,24)25)40-38-39-63-62(37-3)74(53(10)52(9)67(63)43-77(17,18)19)59(16)73-55(12)70(46-80(26,27)28)72(48-82(32,33)34)71(56(73)13)47-81(29,30)31/h49-76H,35-48H2,1-34H3. The van der Waals surface area contributed by atoms with E-state index >= 15 is 0 Å². The zero-order valence-electron chi connectivity index (χ0n) is 63.1. The molecule has 0 radical (unpaired) electrons. The fraction of sp³-hybridized carbons (Fsp3) is 1.00. The Morgan fingerprint density at radius 1 is 0.268 bits per heavy atom. The molecule has 22 unspecified atom stereocenters. The Morgan fingerprint density at radius 3 is 0.915 bits per heavy atom. The lowest BCUT2D eigenvalue weighted by atomic mass is 9.45. The summed E-state index contributed by atoms with van der Waals surface area (Å²) in [7, 11) is 0. The normalized spacial score (nSPS) is 40.4. The zero-order valence-corrected chi connectivity index (χ0v) is 63.1. The zero-order chi connectivity index (χ0) is 63.1. The van der Waals surface area contributed by atoms with Crippen LogP contribution in [0.5, 0.6) is 0 Å². The fourth-order valence-electron chi connectivity index (χ4n) is 23.6. The maximum Gasteiger partial charge on any atom is -0.0323 e. The predicted molar refractivity (Wildman–Crippen MR) is 370 cm³/mol. The molecule has 4 rings (SSSR count). The smallest absolute Gasteiger partial charge is 0.0323 e. The monoisotopic (exact) mass is 1140 g/mol. The SMILES string of the molecule is CCC1C(CC(C)C)C(C)C(C)C(C(CCCC2C(CC(C)(C)C)C(C)C(C)C(C(C)C3C(C)C(CC(C)(C)C)C(CC(C)(C)C)C(CC(C)(C)C)C3C)C2CC)C2C(C)C(CC(C)(C)C)C(CC(C)C)C(CC(C)(C)C)C2C)C1CC. The van der Waals surface area contributed by atoms with Crippen molar-refractivity contribution in [2.45, 2.75) is 325 Å². The summed E-state index contributed by atoms with van der Waals surface area (Å²) in [6.45, 7) is 90.1. The van der Waals surface area contributed by atoms with Crippen LogP contribution in [0.1, 0.15) is 325 Å². The largest absolute Gasteiger partial charge is 0.0651 e. The van der Waals surface area contributed by atoms with Crippen molar-refractivity contribution < 1.29 is 0 Å². The first-order chi connectivity index (χ1) is 37.2. The third-order valence-electron chi connectivity index (χ3n) is 26.0. The highest BCUT2D eigenvalue weighted by Crippen LogP contribution is 2.65. The second-order valence-corrected chi connectivity index (χ2v) is 40.7. The summed E-state index contributed by atoms with van der Waals surface area (Å²) < 4.78 is 0. The van der Waals surface area contributed by atoms with E-state index in [4.69, 9.17) is 0 Å². The Labute approximate surface area is 520 Å². The van der Waals surface area contributed by atoms with Crippen LogP contribution in [0, 0.1) is 198 Å². The molecule has 0 spiro atoms. The van der Waals surface area contributed by atoms with Gasteiger partial charge in [-0.05, 0) is 262 Å². The maximum atomic E-state index is 2.88. The molecule has 0 aromatic heterocycles. The van der Waals surface area contributed by atoms with Gasteiger partial charge in [-0.15, -0.1) is 0 Å². The van der Waals surface area contributed by atoms with Crippen LogP contribution in [-0.2, 0) is 0 Å². The third-order valence-corrected chi connectivity index (χ3v) is 26.0. The molecular weight excluding hydrogens is 985 g/mol. The molecule has 486 valence electrons. The molecule has 0 saturated heterocycles. The molecule has 0 heteroatoms. The van der Waals surface area contributed by atoms with Crippen molar-refractivity contribution in [1.29, 1.82) is 0 Å². The Kier molecular flexibility index (Phi) is 26.2. The molecule has 0 amide bonds. The lowest BCUT2D eigenvalue weighted by Gasteiger charge is -2.60. The minimum atomic E-state index is 0.332. The number of hydrogen-bond donors (Lipinski definition) is 0. The van der Waals surface area contributed by atoms with Crippen molar-refractivity contribution in [2.75, 3.05) is 0 Å². The van der Waals surface area contributed by atoms with Crippen molar-refractivity contribution in [3.63, 3.8) is 0 Å². The van der Waals surface area contributed by atoms with E-state index < -0.39 is 0 Å². The van der Waals surface area contributed by atoms with Gasteiger partial charge in [0.1, 0.15) is 0 Å². The molecule has 82 heavy (non-hydrogen) atoms. The van der Waals surface area contributed by atoms with Crippen LogP contribution in [0.3, 0.4) is 0 Å². The van der Waals surface area contributed by atoms with Crippen LogP contribution in [-0.4, -0.2) is 0 Å². The van der Waals surface area contributed by atoms with E-state index in [0.29, 0.717) is 32.5 Å². The number of hydrogen-bond acceptors (Lipinski definition) is 0. The van der Waals surface area contributed by atoms with Gasteiger partial charge < -0.3 is 0 Å². The van der Waals surface area contributed by atoms with Crippen LogP contribution in [0.2, 0.25) is 0 Å².